The molecule has 0 spiro atoms. The normalized spacial score (nSPS) is 11.2. The molecule has 2 aromatic carbocycles. The van der Waals surface area contributed by atoms with Crippen molar-refractivity contribution in [2.24, 2.45) is 0 Å². The van der Waals surface area contributed by atoms with Crippen LogP contribution in [0.15, 0.2) is 59.5 Å². The quantitative estimate of drug-likeness (QED) is 0.556. The highest BCUT2D eigenvalue weighted by Gasteiger charge is 2.16. The van der Waals surface area contributed by atoms with Crippen LogP contribution in [-0.2, 0) is 10.0 Å². The fourth-order valence-electron chi connectivity index (χ4n) is 2.25. The van der Waals surface area contributed by atoms with Crippen LogP contribution in [0.2, 0.25) is 8.67 Å². The van der Waals surface area contributed by atoms with Gasteiger partial charge in [-0.05, 0) is 49.4 Å². The van der Waals surface area contributed by atoms with Crippen molar-refractivity contribution in [1.82, 2.24) is 0 Å². The smallest absolute Gasteiger partial charge is 0.261 e. The number of carbonyl (C=O) groups is 1. The lowest BCUT2D eigenvalue weighted by Crippen LogP contribution is -2.13. The van der Waals surface area contributed by atoms with Crippen molar-refractivity contribution in [2.75, 3.05) is 10.0 Å². The molecule has 0 bridgehead atoms. The van der Waals surface area contributed by atoms with Gasteiger partial charge in [-0.3, -0.25) is 9.52 Å². The molecule has 27 heavy (non-hydrogen) atoms. The number of nitrogens with one attached hydrogen (secondary N) is 2. The van der Waals surface area contributed by atoms with Crippen LogP contribution in [0, 0.1) is 6.92 Å². The lowest BCUT2D eigenvalue weighted by molar-refractivity contribution is 0.102. The second kappa shape index (κ2) is 7.90. The Balaban J connectivity index is 1.71. The van der Waals surface area contributed by atoms with Gasteiger partial charge >= 0.3 is 0 Å². The van der Waals surface area contributed by atoms with Gasteiger partial charge < -0.3 is 5.32 Å². The zero-order valence-corrected chi connectivity index (χ0v) is 17.1. The number of aryl methyl sites for hydroxylation is 1. The minimum Gasteiger partial charge on any atom is -0.322 e. The van der Waals surface area contributed by atoms with E-state index in [1.165, 1.54) is 6.07 Å². The summed E-state index contributed by atoms with van der Waals surface area (Å²) in [4.78, 5) is 12.4. The molecule has 1 heterocycles. The molecule has 2 N–H and O–H groups in total. The summed E-state index contributed by atoms with van der Waals surface area (Å²) < 4.78 is 28.0. The van der Waals surface area contributed by atoms with Crippen LogP contribution in [0.25, 0.3) is 0 Å². The largest absolute Gasteiger partial charge is 0.322 e. The van der Waals surface area contributed by atoms with E-state index in [1.54, 1.807) is 48.5 Å². The number of anilines is 2. The van der Waals surface area contributed by atoms with E-state index in [-0.39, 0.29) is 10.5 Å². The summed E-state index contributed by atoms with van der Waals surface area (Å²) in [5, 5.41) is 2.69. The Bertz CT molecular complexity index is 1080. The maximum Gasteiger partial charge on any atom is 0.261 e. The SMILES string of the molecule is Cc1ccc(S(=O)(=O)Nc2ccc(NC(=O)c3cc(Cl)sc3Cl)cc2)cc1. The van der Waals surface area contributed by atoms with E-state index in [2.05, 4.69) is 10.0 Å². The number of hydrogen-bond acceptors (Lipinski definition) is 4. The van der Waals surface area contributed by atoms with E-state index < -0.39 is 15.9 Å². The van der Waals surface area contributed by atoms with E-state index in [1.807, 2.05) is 6.92 Å². The molecular weight excluding hydrogens is 427 g/mol. The molecule has 9 heteroatoms. The van der Waals surface area contributed by atoms with Gasteiger partial charge in [0, 0.05) is 11.4 Å². The molecule has 0 atom stereocenters. The third-order valence-corrected chi connectivity index (χ3v) is 6.51. The predicted octanol–water partition coefficient (Wildman–Crippen LogP) is 5.42. The first-order valence-electron chi connectivity index (χ1n) is 7.70. The molecule has 0 saturated carbocycles. The highest BCUT2D eigenvalue weighted by atomic mass is 35.5. The number of thiophene rings is 1. The van der Waals surface area contributed by atoms with Crippen molar-refractivity contribution in [1.29, 1.82) is 0 Å². The summed E-state index contributed by atoms with van der Waals surface area (Å²) in [6.07, 6.45) is 0. The second-order valence-corrected chi connectivity index (χ2v) is 9.66. The molecule has 5 nitrogen and oxygen atoms in total. The van der Waals surface area contributed by atoms with Gasteiger partial charge in [-0.2, -0.15) is 0 Å². The Morgan fingerprint density at radius 3 is 2.11 bits per heavy atom. The molecule has 3 aromatic rings. The van der Waals surface area contributed by atoms with Crippen LogP contribution in [0.3, 0.4) is 0 Å². The number of amides is 1. The first kappa shape index (κ1) is 19.7. The Morgan fingerprint density at radius 2 is 1.56 bits per heavy atom. The zero-order chi connectivity index (χ0) is 19.6. The van der Waals surface area contributed by atoms with Gasteiger partial charge in [0.2, 0.25) is 0 Å². The third kappa shape index (κ3) is 4.81. The molecule has 1 aromatic heterocycles. The van der Waals surface area contributed by atoms with Gasteiger partial charge in [0.1, 0.15) is 4.34 Å². The van der Waals surface area contributed by atoms with E-state index in [9.17, 15) is 13.2 Å². The number of sulfonamides is 1. The van der Waals surface area contributed by atoms with E-state index >= 15 is 0 Å². The second-order valence-electron chi connectivity index (χ2n) is 5.69. The molecule has 0 aliphatic rings. The van der Waals surface area contributed by atoms with E-state index in [4.69, 9.17) is 23.2 Å². The maximum atomic E-state index is 12.4. The van der Waals surface area contributed by atoms with Crippen molar-refractivity contribution in [3.63, 3.8) is 0 Å². The molecule has 0 saturated heterocycles. The minimum atomic E-state index is -3.68. The summed E-state index contributed by atoms with van der Waals surface area (Å²) in [5.74, 6) is -0.392. The molecule has 0 radical (unpaired) electrons. The van der Waals surface area contributed by atoms with Crippen LogP contribution in [0.4, 0.5) is 11.4 Å². The highest BCUT2D eigenvalue weighted by molar-refractivity contribution is 7.92. The summed E-state index contributed by atoms with van der Waals surface area (Å²) in [6, 6.07) is 14.3. The standard InChI is InChI=1S/C18H14Cl2N2O3S2/c1-11-2-8-14(9-3-11)27(24,25)22-13-6-4-12(5-7-13)21-18(23)15-10-16(19)26-17(15)20/h2-10,22H,1H3,(H,21,23). The molecule has 3 rings (SSSR count). The highest BCUT2D eigenvalue weighted by Crippen LogP contribution is 2.31. The summed E-state index contributed by atoms with van der Waals surface area (Å²) >= 11 is 12.9. The maximum absolute atomic E-state index is 12.4. The Kier molecular flexibility index (Phi) is 5.76. The van der Waals surface area contributed by atoms with Crippen molar-refractivity contribution < 1.29 is 13.2 Å². The van der Waals surface area contributed by atoms with Gasteiger partial charge in [0.15, 0.2) is 0 Å². The van der Waals surface area contributed by atoms with Gasteiger partial charge in [0.25, 0.3) is 15.9 Å². The van der Waals surface area contributed by atoms with Gasteiger partial charge in [-0.1, -0.05) is 40.9 Å². The van der Waals surface area contributed by atoms with Crippen molar-refractivity contribution in [2.45, 2.75) is 11.8 Å². The van der Waals surface area contributed by atoms with E-state index in [0.717, 1.165) is 16.9 Å². The molecule has 140 valence electrons. The van der Waals surface area contributed by atoms with Crippen LogP contribution in [-0.4, -0.2) is 14.3 Å². The number of rotatable bonds is 5. The fourth-order valence-corrected chi connectivity index (χ4v) is 4.76. The van der Waals surface area contributed by atoms with Crippen molar-refractivity contribution >= 4 is 61.8 Å². The van der Waals surface area contributed by atoms with Gasteiger partial charge in [0.05, 0.1) is 14.8 Å². The average Bonchev–Trinajstić information content (AvgIpc) is 2.95. The van der Waals surface area contributed by atoms with Crippen molar-refractivity contribution in [3.8, 4) is 0 Å². The third-order valence-electron chi connectivity index (χ3n) is 3.63. The molecule has 0 aliphatic heterocycles. The van der Waals surface area contributed by atoms with Crippen LogP contribution < -0.4 is 10.0 Å². The van der Waals surface area contributed by atoms with Gasteiger partial charge in [-0.15, -0.1) is 11.3 Å². The molecule has 0 aliphatic carbocycles. The first-order chi connectivity index (χ1) is 12.7. The minimum absolute atomic E-state index is 0.175. The summed E-state index contributed by atoms with van der Waals surface area (Å²) in [7, 11) is -3.68. The molecular formula is C18H14Cl2N2O3S2. The first-order valence-corrected chi connectivity index (χ1v) is 10.8. The number of benzene rings is 2. The fraction of sp³-hybridized carbons (Fsp3) is 0.0556. The Labute approximate surface area is 171 Å². The number of halogens is 2. The summed E-state index contributed by atoms with van der Waals surface area (Å²) in [6.45, 7) is 1.88. The molecule has 0 fully saturated rings. The molecule has 1 amide bonds. The lowest BCUT2D eigenvalue weighted by atomic mass is 10.2. The van der Waals surface area contributed by atoms with Crippen LogP contribution in [0.5, 0.6) is 0 Å². The summed E-state index contributed by atoms with van der Waals surface area (Å²) in [5.41, 5.74) is 2.14. The number of hydrogen-bond donors (Lipinski definition) is 2. The average molecular weight is 441 g/mol. The lowest BCUT2D eigenvalue weighted by Gasteiger charge is -2.10. The monoisotopic (exact) mass is 440 g/mol. The van der Waals surface area contributed by atoms with Gasteiger partial charge in [-0.25, -0.2) is 8.42 Å². The van der Waals surface area contributed by atoms with Crippen LogP contribution in [0.1, 0.15) is 15.9 Å². The Morgan fingerprint density at radius 1 is 0.963 bits per heavy atom. The Hall–Kier alpha value is -2.06. The zero-order valence-electron chi connectivity index (χ0n) is 14.0. The number of carbonyl (C=O) groups excluding carboxylic acids is 1. The van der Waals surface area contributed by atoms with Crippen LogP contribution >= 0.6 is 34.5 Å². The topological polar surface area (TPSA) is 75.3 Å². The molecule has 0 unspecified atom stereocenters. The predicted molar refractivity (Wildman–Crippen MR) is 111 cm³/mol. The van der Waals surface area contributed by atoms with Crippen molar-refractivity contribution in [3.05, 3.63) is 74.4 Å². The van der Waals surface area contributed by atoms with E-state index in [0.29, 0.717) is 20.0 Å².